The molecule has 3 fully saturated rings. The van der Waals surface area contributed by atoms with Crippen molar-refractivity contribution < 1.29 is 28.7 Å². The van der Waals surface area contributed by atoms with Gasteiger partial charge in [0, 0.05) is 16.9 Å². The topological polar surface area (TPSA) is 101 Å². The minimum Gasteiger partial charge on any atom is -0.463 e. The molecule has 0 N–H and O–H groups in total. The summed E-state index contributed by atoms with van der Waals surface area (Å²) in [6, 6.07) is 18.4. The highest BCUT2D eigenvalue weighted by Gasteiger charge is 2.76. The molecule has 1 saturated carbocycles. The molecule has 4 amide bonds. The van der Waals surface area contributed by atoms with Gasteiger partial charge in [0.1, 0.15) is 0 Å². The molecule has 2 heterocycles. The predicted octanol–water partition coefficient (Wildman–Crippen LogP) is 3.12. The van der Waals surface area contributed by atoms with Crippen molar-refractivity contribution in [2.75, 3.05) is 6.61 Å². The first-order valence-corrected chi connectivity index (χ1v) is 13.4. The van der Waals surface area contributed by atoms with Gasteiger partial charge in [-0.3, -0.25) is 29.0 Å². The Morgan fingerprint density at radius 2 is 1.18 bits per heavy atom. The highest BCUT2D eigenvalue weighted by Crippen LogP contribution is 2.68. The van der Waals surface area contributed by atoms with Crippen LogP contribution in [0.5, 0.6) is 0 Å². The Labute approximate surface area is 226 Å². The lowest BCUT2D eigenvalue weighted by atomic mass is 9.43. The molecule has 0 spiro atoms. The standard InChI is InChI=1S/C31H30N2O6/c1-4-39-30(38)23-17(2)20-21-24(28(36)32(26(21)34)15-18-11-7-5-8-12-18)31(23,3)25-22(20)27(35)33(29(25)37)16-19-13-9-6-10-14-19/h5-14,20-22,24-25H,4,15-16H2,1-3H3/t20?,21-,22-,24-,25+,31?/m0/s1. The van der Waals surface area contributed by atoms with E-state index < -0.39 is 52.8 Å². The number of amides is 4. The van der Waals surface area contributed by atoms with Gasteiger partial charge in [-0.25, -0.2) is 4.79 Å². The molecular weight excluding hydrogens is 496 g/mol. The summed E-state index contributed by atoms with van der Waals surface area (Å²) < 4.78 is 5.42. The third kappa shape index (κ3) is 3.40. The van der Waals surface area contributed by atoms with Gasteiger partial charge in [0.15, 0.2) is 0 Å². The van der Waals surface area contributed by atoms with Crippen LogP contribution >= 0.6 is 0 Å². The molecular formula is C31H30N2O6. The van der Waals surface area contributed by atoms with E-state index in [2.05, 4.69) is 0 Å². The second-order valence-corrected chi connectivity index (χ2v) is 11.1. The minimum absolute atomic E-state index is 0.0967. The number of hydrogen-bond donors (Lipinski definition) is 0. The monoisotopic (exact) mass is 526 g/mol. The maximum absolute atomic E-state index is 14.1. The van der Waals surface area contributed by atoms with Gasteiger partial charge in [-0.1, -0.05) is 73.2 Å². The summed E-state index contributed by atoms with van der Waals surface area (Å²) in [5.41, 5.74) is 1.07. The fraction of sp³-hybridized carbons (Fsp3) is 0.387. The number of rotatable bonds is 6. The van der Waals surface area contributed by atoms with Gasteiger partial charge in [0.05, 0.1) is 43.4 Å². The molecule has 200 valence electrons. The molecule has 39 heavy (non-hydrogen) atoms. The molecule has 6 atom stereocenters. The summed E-state index contributed by atoms with van der Waals surface area (Å²) in [4.78, 5) is 71.9. The van der Waals surface area contributed by atoms with E-state index in [4.69, 9.17) is 4.74 Å². The number of ether oxygens (including phenoxy) is 1. The first kappa shape index (κ1) is 25.2. The molecule has 2 aromatic rings. The summed E-state index contributed by atoms with van der Waals surface area (Å²) in [6.07, 6.45) is 0. The molecule has 2 aromatic carbocycles. The highest BCUT2D eigenvalue weighted by atomic mass is 16.5. The molecule has 8 nitrogen and oxygen atoms in total. The molecule has 2 saturated heterocycles. The van der Waals surface area contributed by atoms with Crippen LogP contribution in [-0.2, 0) is 41.8 Å². The van der Waals surface area contributed by atoms with Gasteiger partial charge in [-0.15, -0.1) is 0 Å². The van der Waals surface area contributed by atoms with Crippen LogP contribution in [0, 0.1) is 35.0 Å². The number of nitrogens with zero attached hydrogens (tertiary/aromatic N) is 2. The summed E-state index contributed by atoms with van der Waals surface area (Å²) in [6.45, 7) is 5.47. The predicted molar refractivity (Wildman–Crippen MR) is 139 cm³/mol. The van der Waals surface area contributed by atoms with Crippen LogP contribution < -0.4 is 0 Å². The Morgan fingerprint density at radius 1 is 0.744 bits per heavy atom. The third-order valence-electron chi connectivity index (χ3n) is 9.23. The quantitative estimate of drug-likeness (QED) is 0.424. The zero-order valence-electron chi connectivity index (χ0n) is 22.1. The number of allylic oxidation sites excluding steroid dienone is 1. The highest BCUT2D eigenvalue weighted by molar-refractivity contribution is 6.13. The number of hydrogen-bond acceptors (Lipinski definition) is 6. The fourth-order valence-electron chi connectivity index (χ4n) is 7.77. The van der Waals surface area contributed by atoms with E-state index in [9.17, 15) is 24.0 Å². The van der Waals surface area contributed by atoms with Gasteiger partial charge in [-0.05, 0) is 25.0 Å². The average molecular weight is 527 g/mol. The zero-order chi connectivity index (χ0) is 27.6. The summed E-state index contributed by atoms with van der Waals surface area (Å²) >= 11 is 0. The van der Waals surface area contributed by atoms with Gasteiger partial charge < -0.3 is 4.74 Å². The molecule has 0 radical (unpaired) electrons. The first-order valence-electron chi connectivity index (χ1n) is 13.4. The zero-order valence-corrected chi connectivity index (χ0v) is 22.1. The van der Waals surface area contributed by atoms with Crippen molar-refractivity contribution in [1.82, 2.24) is 9.80 Å². The Morgan fingerprint density at radius 3 is 1.59 bits per heavy atom. The number of likely N-dealkylation sites (tertiary alicyclic amines) is 2. The van der Waals surface area contributed by atoms with Crippen molar-refractivity contribution in [3.63, 3.8) is 0 Å². The Bertz CT molecular complexity index is 1350. The summed E-state index contributed by atoms with van der Waals surface area (Å²) in [7, 11) is 0. The van der Waals surface area contributed by atoms with Gasteiger partial charge in [0.2, 0.25) is 23.6 Å². The van der Waals surface area contributed by atoms with E-state index in [-0.39, 0.29) is 37.1 Å². The molecule has 8 heteroatoms. The Hall–Kier alpha value is -4.07. The smallest absolute Gasteiger partial charge is 0.334 e. The van der Waals surface area contributed by atoms with Crippen molar-refractivity contribution in [3.8, 4) is 0 Å². The van der Waals surface area contributed by atoms with Crippen molar-refractivity contribution in [3.05, 3.63) is 82.9 Å². The van der Waals surface area contributed by atoms with Crippen LogP contribution in [0.15, 0.2) is 71.8 Å². The van der Waals surface area contributed by atoms with E-state index >= 15 is 0 Å². The number of esters is 1. The van der Waals surface area contributed by atoms with E-state index in [0.29, 0.717) is 5.57 Å². The SMILES string of the molecule is CCOC(=O)C1=C(C)C2[C@@H]3C(=O)N(Cc4ccccc4)C(=O)[C@H]3C1(C)[C@H]1C(=O)N(Cc3ccccc3)C(=O)[C@@H]21. The number of carbonyl (C=O) groups is 5. The van der Waals surface area contributed by atoms with Crippen molar-refractivity contribution in [1.29, 1.82) is 0 Å². The van der Waals surface area contributed by atoms with Crippen molar-refractivity contribution >= 4 is 29.6 Å². The molecule has 2 bridgehead atoms. The fourth-order valence-corrected chi connectivity index (χ4v) is 7.77. The van der Waals surface area contributed by atoms with Crippen LogP contribution in [0.2, 0.25) is 0 Å². The maximum atomic E-state index is 14.1. The summed E-state index contributed by atoms with van der Waals surface area (Å²) in [5, 5.41) is 0. The van der Waals surface area contributed by atoms with Crippen LogP contribution in [-0.4, -0.2) is 46.0 Å². The van der Waals surface area contributed by atoms with Crippen molar-refractivity contribution in [2.45, 2.75) is 33.9 Å². The third-order valence-corrected chi connectivity index (χ3v) is 9.23. The molecule has 5 aliphatic rings. The molecule has 2 aliphatic heterocycles. The number of benzene rings is 2. The minimum atomic E-state index is -1.36. The van der Waals surface area contributed by atoms with E-state index in [1.165, 1.54) is 9.80 Å². The second-order valence-electron chi connectivity index (χ2n) is 11.1. The van der Waals surface area contributed by atoms with Crippen LogP contribution in [0.4, 0.5) is 0 Å². The second kappa shape index (κ2) is 9.00. The number of carbonyl (C=O) groups excluding carboxylic acids is 5. The number of imide groups is 2. The van der Waals surface area contributed by atoms with Crippen LogP contribution in [0.1, 0.15) is 31.9 Å². The Kier molecular flexibility index (Phi) is 5.82. The molecule has 2 unspecified atom stereocenters. The lowest BCUT2D eigenvalue weighted by molar-refractivity contribution is -0.155. The van der Waals surface area contributed by atoms with Crippen LogP contribution in [0.25, 0.3) is 0 Å². The largest absolute Gasteiger partial charge is 0.463 e. The van der Waals surface area contributed by atoms with Gasteiger partial charge >= 0.3 is 5.97 Å². The first-order chi connectivity index (χ1) is 18.7. The molecule has 0 aromatic heterocycles. The van der Waals surface area contributed by atoms with E-state index in [1.807, 2.05) is 60.7 Å². The van der Waals surface area contributed by atoms with E-state index in [1.54, 1.807) is 20.8 Å². The molecule has 3 aliphatic carbocycles. The normalized spacial score (nSPS) is 31.2. The van der Waals surface area contributed by atoms with Gasteiger partial charge in [-0.2, -0.15) is 0 Å². The average Bonchev–Trinajstić information content (AvgIpc) is 3.32. The van der Waals surface area contributed by atoms with E-state index in [0.717, 1.165) is 11.1 Å². The van der Waals surface area contributed by atoms with Crippen molar-refractivity contribution in [2.24, 2.45) is 35.0 Å². The summed E-state index contributed by atoms with van der Waals surface area (Å²) in [5.74, 6) is -6.36. The van der Waals surface area contributed by atoms with Gasteiger partial charge in [0.25, 0.3) is 0 Å². The lowest BCUT2D eigenvalue weighted by Gasteiger charge is -2.55. The maximum Gasteiger partial charge on any atom is 0.334 e. The molecule has 7 rings (SSSR count). The Balaban J connectivity index is 1.47. The van der Waals surface area contributed by atoms with Crippen LogP contribution in [0.3, 0.4) is 0 Å². The lowest BCUT2D eigenvalue weighted by Crippen LogP contribution is -2.61.